The second kappa shape index (κ2) is 6.06. The van der Waals surface area contributed by atoms with Crippen molar-refractivity contribution >= 4 is 23.2 Å². The number of carboxylic acids is 1. The molecule has 0 spiro atoms. The van der Waals surface area contributed by atoms with Crippen LogP contribution in [0, 0.1) is 0 Å². The maximum absolute atomic E-state index is 11.7. The lowest BCUT2D eigenvalue weighted by atomic mass is 10.4. The Morgan fingerprint density at radius 3 is 2.80 bits per heavy atom. The number of H-pyrrole nitrogens is 1. The Kier molecular flexibility index (Phi) is 4.20. The lowest BCUT2D eigenvalue weighted by Crippen LogP contribution is -2.27. The molecule has 0 fully saturated rings. The third kappa shape index (κ3) is 3.48. The summed E-state index contributed by atoms with van der Waals surface area (Å²) in [5.41, 5.74) is -0.279. The molecule has 0 radical (unpaired) electrons. The molecule has 3 N–H and O–H groups in total. The Hall–Kier alpha value is -2.55. The first-order valence-corrected chi connectivity index (χ1v) is 6.45. The fraction of sp³-hybridized carbons (Fsp3) is 0.182. The van der Waals surface area contributed by atoms with Crippen LogP contribution in [0.1, 0.15) is 26.0 Å². The van der Waals surface area contributed by atoms with Crippen molar-refractivity contribution < 1.29 is 14.7 Å². The van der Waals surface area contributed by atoms with Crippen molar-refractivity contribution in [3.8, 4) is 0 Å². The van der Waals surface area contributed by atoms with Crippen LogP contribution in [0.15, 0.2) is 22.6 Å². The van der Waals surface area contributed by atoms with Crippen LogP contribution in [-0.4, -0.2) is 38.5 Å². The van der Waals surface area contributed by atoms with Crippen LogP contribution in [0.2, 0.25) is 0 Å². The van der Waals surface area contributed by atoms with Gasteiger partial charge in [-0.25, -0.2) is 14.8 Å². The maximum atomic E-state index is 11.7. The van der Waals surface area contributed by atoms with Crippen molar-refractivity contribution in [2.75, 3.05) is 6.54 Å². The van der Waals surface area contributed by atoms with Crippen molar-refractivity contribution in [1.29, 1.82) is 0 Å². The van der Waals surface area contributed by atoms with Gasteiger partial charge in [0.25, 0.3) is 11.5 Å². The maximum Gasteiger partial charge on any atom is 0.355 e. The zero-order valence-corrected chi connectivity index (χ0v) is 10.9. The average Bonchev–Trinajstić information content (AvgIpc) is 2.88. The Balaban J connectivity index is 1.86. The Labute approximate surface area is 116 Å². The van der Waals surface area contributed by atoms with Gasteiger partial charge >= 0.3 is 5.97 Å². The van der Waals surface area contributed by atoms with E-state index in [4.69, 9.17) is 5.11 Å². The summed E-state index contributed by atoms with van der Waals surface area (Å²) >= 11 is 1.22. The van der Waals surface area contributed by atoms with Gasteiger partial charge in [-0.2, -0.15) is 0 Å². The zero-order chi connectivity index (χ0) is 14.5. The van der Waals surface area contributed by atoms with Crippen LogP contribution >= 0.6 is 11.3 Å². The molecule has 2 rings (SSSR count). The summed E-state index contributed by atoms with van der Waals surface area (Å²) in [5.74, 6) is -1.50. The minimum atomic E-state index is -1.08. The van der Waals surface area contributed by atoms with Gasteiger partial charge in [0.2, 0.25) is 0 Å². The van der Waals surface area contributed by atoms with Crippen LogP contribution in [0.25, 0.3) is 0 Å². The number of hydrogen-bond donors (Lipinski definition) is 3. The summed E-state index contributed by atoms with van der Waals surface area (Å²) in [7, 11) is 0. The minimum Gasteiger partial charge on any atom is -0.476 e. The summed E-state index contributed by atoms with van der Waals surface area (Å²) in [4.78, 5) is 43.0. The molecule has 8 nitrogen and oxygen atoms in total. The van der Waals surface area contributed by atoms with E-state index in [9.17, 15) is 14.4 Å². The van der Waals surface area contributed by atoms with E-state index in [0.717, 1.165) is 6.20 Å². The number of carbonyl (C=O) groups is 2. The van der Waals surface area contributed by atoms with Gasteiger partial charge in [-0.1, -0.05) is 0 Å². The quantitative estimate of drug-likeness (QED) is 0.707. The van der Waals surface area contributed by atoms with Crippen LogP contribution in [0.5, 0.6) is 0 Å². The fourth-order valence-corrected chi connectivity index (χ4v) is 2.14. The molecule has 2 aromatic heterocycles. The third-order valence-corrected chi connectivity index (χ3v) is 3.21. The smallest absolute Gasteiger partial charge is 0.355 e. The van der Waals surface area contributed by atoms with E-state index in [2.05, 4.69) is 20.3 Å². The van der Waals surface area contributed by atoms with Gasteiger partial charge in [0.15, 0.2) is 5.69 Å². The number of aromatic nitrogens is 3. The number of nitrogens with one attached hydrogen (secondary N) is 2. The van der Waals surface area contributed by atoms with E-state index in [1.807, 2.05) is 0 Å². The van der Waals surface area contributed by atoms with Crippen molar-refractivity contribution in [3.05, 3.63) is 44.5 Å². The summed E-state index contributed by atoms with van der Waals surface area (Å²) < 4.78 is 0. The van der Waals surface area contributed by atoms with Crippen LogP contribution in [0.3, 0.4) is 0 Å². The zero-order valence-electron chi connectivity index (χ0n) is 10.1. The monoisotopic (exact) mass is 294 g/mol. The molecule has 0 aliphatic heterocycles. The van der Waals surface area contributed by atoms with E-state index in [1.54, 1.807) is 0 Å². The molecule has 0 aliphatic rings. The van der Waals surface area contributed by atoms with Gasteiger partial charge in [0.1, 0.15) is 5.69 Å². The highest BCUT2D eigenvalue weighted by Gasteiger charge is 2.10. The standard InChI is InChI=1S/C11H10N4O4S/c16-8-4-13-6(3-14-8)10(17)12-2-1-9-15-7(5-20-9)11(18)19/h3-5H,1-2H2,(H,12,17)(H,14,16)(H,18,19). The van der Waals surface area contributed by atoms with E-state index >= 15 is 0 Å². The number of aromatic amines is 1. The molecule has 0 bridgehead atoms. The van der Waals surface area contributed by atoms with Crippen molar-refractivity contribution in [2.24, 2.45) is 0 Å². The third-order valence-electron chi connectivity index (χ3n) is 2.30. The van der Waals surface area contributed by atoms with Crippen LogP contribution < -0.4 is 10.9 Å². The normalized spacial score (nSPS) is 10.2. The van der Waals surface area contributed by atoms with Gasteiger partial charge in [0, 0.05) is 24.5 Å². The lowest BCUT2D eigenvalue weighted by molar-refractivity contribution is 0.0690. The second-order valence-corrected chi connectivity index (χ2v) is 4.68. The predicted octanol–water partition coefficient (Wildman–Crippen LogP) is -0.103. The molecular formula is C11H10N4O4S. The molecule has 0 aromatic carbocycles. The highest BCUT2D eigenvalue weighted by atomic mass is 32.1. The van der Waals surface area contributed by atoms with E-state index in [0.29, 0.717) is 18.0 Å². The molecule has 0 saturated heterocycles. The Bertz CT molecular complexity index is 673. The first-order chi connectivity index (χ1) is 9.56. The molecule has 20 heavy (non-hydrogen) atoms. The molecular weight excluding hydrogens is 284 g/mol. The van der Waals surface area contributed by atoms with Gasteiger partial charge in [0.05, 0.1) is 11.2 Å². The summed E-state index contributed by atoms with van der Waals surface area (Å²) in [6.45, 7) is 0.298. The molecule has 0 aliphatic carbocycles. The van der Waals surface area contributed by atoms with Crippen molar-refractivity contribution in [2.45, 2.75) is 6.42 Å². The number of carboxylic acid groups (broad SMARTS) is 1. The average molecular weight is 294 g/mol. The summed E-state index contributed by atoms with van der Waals surface area (Å²) in [6, 6.07) is 0. The molecule has 9 heteroatoms. The lowest BCUT2D eigenvalue weighted by Gasteiger charge is -2.02. The van der Waals surface area contributed by atoms with E-state index in [1.165, 1.54) is 22.9 Å². The van der Waals surface area contributed by atoms with Gasteiger partial charge in [-0.15, -0.1) is 11.3 Å². The van der Waals surface area contributed by atoms with Gasteiger partial charge in [-0.05, 0) is 0 Å². The van der Waals surface area contributed by atoms with Gasteiger partial charge in [-0.3, -0.25) is 9.59 Å². The summed E-state index contributed by atoms with van der Waals surface area (Å²) in [6.07, 6.45) is 2.67. The number of thiazole rings is 1. The fourth-order valence-electron chi connectivity index (χ4n) is 1.36. The SMILES string of the molecule is O=C(O)c1csc(CCNC(=O)c2c[nH]c(=O)cn2)n1. The van der Waals surface area contributed by atoms with Crippen LogP contribution in [0.4, 0.5) is 0 Å². The number of amides is 1. The highest BCUT2D eigenvalue weighted by Crippen LogP contribution is 2.09. The highest BCUT2D eigenvalue weighted by molar-refractivity contribution is 7.09. The van der Waals surface area contributed by atoms with Crippen molar-refractivity contribution in [1.82, 2.24) is 20.3 Å². The number of nitrogens with zero attached hydrogens (tertiary/aromatic N) is 2. The number of hydrogen-bond acceptors (Lipinski definition) is 6. The molecule has 0 atom stereocenters. The first-order valence-electron chi connectivity index (χ1n) is 5.57. The predicted molar refractivity (Wildman–Crippen MR) is 70.0 cm³/mol. The number of aromatic carboxylic acids is 1. The first kappa shape index (κ1) is 13.9. The molecule has 0 saturated carbocycles. The topological polar surface area (TPSA) is 125 Å². The molecule has 1 amide bonds. The van der Waals surface area contributed by atoms with Crippen LogP contribution in [-0.2, 0) is 6.42 Å². The van der Waals surface area contributed by atoms with Gasteiger partial charge < -0.3 is 15.4 Å². The summed E-state index contributed by atoms with van der Waals surface area (Å²) in [5, 5.41) is 13.4. The molecule has 0 unspecified atom stereocenters. The number of carbonyl (C=O) groups excluding carboxylic acids is 1. The van der Waals surface area contributed by atoms with E-state index in [-0.39, 0.29) is 16.9 Å². The number of rotatable bonds is 5. The van der Waals surface area contributed by atoms with Crippen molar-refractivity contribution in [3.63, 3.8) is 0 Å². The van der Waals surface area contributed by atoms with E-state index < -0.39 is 11.9 Å². The molecule has 104 valence electrons. The largest absolute Gasteiger partial charge is 0.476 e. The Morgan fingerprint density at radius 1 is 1.40 bits per heavy atom. The minimum absolute atomic E-state index is 0.00127. The molecule has 2 heterocycles. The Morgan fingerprint density at radius 2 is 2.20 bits per heavy atom. The second-order valence-electron chi connectivity index (χ2n) is 3.73. The molecule has 2 aromatic rings.